The Kier molecular flexibility index (Phi) is 7.99. The van der Waals surface area contributed by atoms with E-state index in [9.17, 15) is 9.59 Å². The second kappa shape index (κ2) is 10.9. The number of hydrogen-bond donors (Lipinski definition) is 1. The molecule has 3 rings (SSSR count). The predicted molar refractivity (Wildman–Crippen MR) is 119 cm³/mol. The van der Waals surface area contributed by atoms with Gasteiger partial charge in [0.25, 0.3) is 0 Å². The molecule has 6 heteroatoms. The van der Waals surface area contributed by atoms with Crippen molar-refractivity contribution in [3.05, 3.63) is 59.7 Å². The number of rotatable bonds is 8. The van der Waals surface area contributed by atoms with Crippen LogP contribution in [0.5, 0.6) is 5.75 Å². The highest BCUT2D eigenvalue weighted by Crippen LogP contribution is 2.16. The number of benzene rings is 2. The molecule has 2 aromatic rings. The van der Waals surface area contributed by atoms with E-state index in [0.717, 1.165) is 54.4 Å². The van der Waals surface area contributed by atoms with Gasteiger partial charge in [-0.25, -0.2) is 0 Å². The number of carbonyl (C=O) groups is 2. The summed E-state index contributed by atoms with van der Waals surface area (Å²) in [7, 11) is 1.65. The van der Waals surface area contributed by atoms with Crippen LogP contribution in [0.1, 0.15) is 24.0 Å². The first-order valence-corrected chi connectivity index (χ1v) is 11.2. The maximum Gasteiger partial charge on any atom is 0.227 e. The largest absolute Gasteiger partial charge is 0.497 e. The molecular weight excluding hydrogens is 384 g/mol. The summed E-state index contributed by atoms with van der Waals surface area (Å²) in [5.74, 6) is 3.07. The number of nitrogens with zero attached hydrogens (tertiary/aromatic N) is 1. The van der Waals surface area contributed by atoms with E-state index < -0.39 is 0 Å². The molecule has 1 aliphatic rings. The van der Waals surface area contributed by atoms with Gasteiger partial charge in [-0.2, -0.15) is 11.8 Å². The smallest absolute Gasteiger partial charge is 0.227 e. The highest BCUT2D eigenvalue weighted by molar-refractivity contribution is 7.99. The molecule has 1 N–H and O–H groups in total. The van der Waals surface area contributed by atoms with E-state index in [2.05, 4.69) is 5.32 Å². The Morgan fingerprint density at radius 2 is 1.66 bits per heavy atom. The van der Waals surface area contributed by atoms with Gasteiger partial charge < -0.3 is 15.0 Å². The van der Waals surface area contributed by atoms with Crippen LogP contribution < -0.4 is 10.1 Å². The van der Waals surface area contributed by atoms with Gasteiger partial charge >= 0.3 is 0 Å². The van der Waals surface area contributed by atoms with Gasteiger partial charge in [0.05, 0.1) is 13.5 Å². The zero-order chi connectivity index (χ0) is 20.5. The van der Waals surface area contributed by atoms with Gasteiger partial charge in [-0.15, -0.1) is 0 Å². The normalized spacial score (nSPS) is 13.8. The fourth-order valence-electron chi connectivity index (χ4n) is 3.27. The van der Waals surface area contributed by atoms with E-state index >= 15 is 0 Å². The van der Waals surface area contributed by atoms with Crippen LogP contribution in [0.2, 0.25) is 0 Å². The lowest BCUT2D eigenvalue weighted by atomic mass is 10.1. The molecule has 0 aliphatic carbocycles. The molecule has 154 valence electrons. The number of methoxy groups -OCH3 is 1. The van der Waals surface area contributed by atoms with Crippen LogP contribution in [0.15, 0.2) is 48.5 Å². The van der Waals surface area contributed by atoms with Crippen LogP contribution in [0.25, 0.3) is 0 Å². The predicted octanol–water partition coefficient (Wildman–Crippen LogP) is 3.77. The Labute approximate surface area is 176 Å². The molecule has 0 atom stereocenters. The van der Waals surface area contributed by atoms with Crippen molar-refractivity contribution in [2.75, 3.05) is 37.0 Å². The lowest BCUT2D eigenvalue weighted by Crippen LogP contribution is -2.38. The molecule has 0 aromatic heterocycles. The van der Waals surface area contributed by atoms with Crippen LogP contribution in [-0.2, 0) is 22.4 Å². The first-order valence-electron chi connectivity index (χ1n) is 10.0. The quantitative estimate of drug-likeness (QED) is 0.717. The molecule has 2 aromatic carbocycles. The summed E-state index contributed by atoms with van der Waals surface area (Å²) in [4.78, 5) is 26.5. The molecule has 5 nitrogen and oxygen atoms in total. The van der Waals surface area contributed by atoms with Gasteiger partial charge in [0.2, 0.25) is 11.8 Å². The summed E-state index contributed by atoms with van der Waals surface area (Å²) in [6.45, 7) is 1.68. The summed E-state index contributed by atoms with van der Waals surface area (Å²) in [6.07, 6.45) is 2.53. The van der Waals surface area contributed by atoms with Crippen molar-refractivity contribution in [1.29, 1.82) is 0 Å². The minimum atomic E-state index is 0.00755. The molecule has 1 saturated heterocycles. The van der Waals surface area contributed by atoms with Gasteiger partial charge in [-0.3, -0.25) is 9.59 Å². The van der Waals surface area contributed by atoms with Crippen molar-refractivity contribution in [3.63, 3.8) is 0 Å². The first kappa shape index (κ1) is 21.2. The SMILES string of the molecule is COc1ccc(CCCC(=O)Nc2ccc(CC(=O)N3CCSCC3)cc2)cc1. The Morgan fingerprint density at radius 1 is 1.00 bits per heavy atom. The number of hydrogen-bond acceptors (Lipinski definition) is 4. The fraction of sp³-hybridized carbons (Fsp3) is 0.391. The van der Waals surface area contributed by atoms with Gasteiger partial charge in [0, 0.05) is 36.7 Å². The van der Waals surface area contributed by atoms with E-state index in [4.69, 9.17) is 4.74 Å². The maximum absolute atomic E-state index is 12.3. The highest BCUT2D eigenvalue weighted by Gasteiger charge is 2.16. The Hall–Kier alpha value is -2.47. The Morgan fingerprint density at radius 3 is 2.31 bits per heavy atom. The molecule has 1 aliphatic heterocycles. The number of thioether (sulfide) groups is 1. The van der Waals surface area contributed by atoms with Crippen molar-refractivity contribution in [2.24, 2.45) is 0 Å². The average molecular weight is 413 g/mol. The van der Waals surface area contributed by atoms with Crippen molar-refractivity contribution < 1.29 is 14.3 Å². The summed E-state index contributed by atoms with van der Waals surface area (Å²) < 4.78 is 5.15. The molecule has 1 heterocycles. The third kappa shape index (κ3) is 6.82. The van der Waals surface area contributed by atoms with E-state index in [-0.39, 0.29) is 11.8 Å². The van der Waals surface area contributed by atoms with Crippen LogP contribution in [-0.4, -0.2) is 48.4 Å². The molecule has 29 heavy (non-hydrogen) atoms. The molecule has 0 bridgehead atoms. The summed E-state index contributed by atoms with van der Waals surface area (Å²) in [6, 6.07) is 15.5. The topological polar surface area (TPSA) is 58.6 Å². The third-order valence-corrected chi connectivity index (χ3v) is 5.93. The summed E-state index contributed by atoms with van der Waals surface area (Å²) in [5, 5.41) is 2.93. The minimum Gasteiger partial charge on any atom is -0.497 e. The van der Waals surface area contributed by atoms with E-state index in [0.29, 0.717) is 12.8 Å². The number of amides is 2. The summed E-state index contributed by atoms with van der Waals surface area (Å²) >= 11 is 1.90. The number of ether oxygens (including phenoxy) is 1. The summed E-state index contributed by atoms with van der Waals surface area (Å²) in [5.41, 5.74) is 2.94. The first-order chi connectivity index (χ1) is 14.1. The molecule has 0 spiro atoms. The van der Waals surface area contributed by atoms with Crippen molar-refractivity contribution >= 4 is 29.3 Å². The molecule has 1 fully saturated rings. The van der Waals surface area contributed by atoms with E-state index in [1.165, 1.54) is 5.56 Å². The molecule has 2 amide bonds. The molecule has 0 saturated carbocycles. The Balaban J connectivity index is 1.40. The second-order valence-electron chi connectivity index (χ2n) is 7.12. The zero-order valence-electron chi connectivity index (χ0n) is 16.9. The molecule has 0 unspecified atom stereocenters. The van der Waals surface area contributed by atoms with Gasteiger partial charge in [0.15, 0.2) is 0 Å². The second-order valence-corrected chi connectivity index (χ2v) is 8.34. The average Bonchev–Trinajstić information content (AvgIpc) is 2.76. The van der Waals surface area contributed by atoms with Crippen LogP contribution >= 0.6 is 11.8 Å². The molecule has 0 radical (unpaired) electrons. The lowest BCUT2D eigenvalue weighted by Gasteiger charge is -2.26. The van der Waals surface area contributed by atoms with E-state index in [1.54, 1.807) is 7.11 Å². The lowest BCUT2D eigenvalue weighted by molar-refractivity contribution is -0.130. The van der Waals surface area contributed by atoms with Crippen molar-refractivity contribution in [1.82, 2.24) is 4.90 Å². The number of nitrogens with one attached hydrogen (secondary N) is 1. The number of carbonyl (C=O) groups excluding carboxylic acids is 2. The van der Waals surface area contributed by atoms with Crippen molar-refractivity contribution in [3.8, 4) is 5.75 Å². The number of aryl methyl sites for hydroxylation is 1. The zero-order valence-corrected chi connectivity index (χ0v) is 17.7. The van der Waals surface area contributed by atoms with Crippen LogP contribution in [0, 0.1) is 0 Å². The fourth-order valence-corrected chi connectivity index (χ4v) is 4.18. The van der Waals surface area contributed by atoms with Gasteiger partial charge in [-0.1, -0.05) is 24.3 Å². The minimum absolute atomic E-state index is 0.00755. The van der Waals surface area contributed by atoms with Crippen LogP contribution in [0.4, 0.5) is 5.69 Å². The van der Waals surface area contributed by atoms with E-state index in [1.807, 2.05) is 65.2 Å². The molecular formula is C23H28N2O3S. The van der Waals surface area contributed by atoms with Crippen LogP contribution in [0.3, 0.4) is 0 Å². The van der Waals surface area contributed by atoms with Gasteiger partial charge in [-0.05, 0) is 48.2 Å². The standard InChI is InChI=1S/C23H28N2O3S/c1-28-21-11-7-18(8-12-21)3-2-4-22(26)24-20-9-5-19(6-10-20)17-23(27)25-13-15-29-16-14-25/h5-12H,2-4,13-17H2,1H3,(H,24,26). The maximum atomic E-state index is 12.3. The Bertz CT molecular complexity index is 800. The third-order valence-electron chi connectivity index (χ3n) is 4.99. The van der Waals surface area contributed by atoms with Crippen molar-refractivity contribution in [2.45, 2.75) is 25.7 Å². The number of anilines is 1. The monoisotopic (exact) mass is 412 g/mol. The van der Waals surface area contributed by atoms with Gasteiger partial charge in [0.1, 0.15) is 5.75 Å². The highest BCUT2D eigenvalue weighted by atomic mass is 32.2.